The third kappa shape index (κ3) is 8.14. The van der Waals surface area contributed by atoms with E-state index in [1.807, 2.05) is 31.2 Å². The number of benzene rings is 3. The zero-order chi connectivity index (χ0) is 31.8. The van der Waals surface area contributed by atoms with Crippen molar-refractivity contribution in [1.82, 2.24) is 24.6 Å². The number of fused-ring (bicyclic) bond motifs is 1. The Morgan fingerprint density at radius 3 is 2.18 bits per heavy atom. The number of sulfonamides is 1. The van der Waals surface area contributed by atoms with E-state index in [9.17, 15) is 13.2 Å². The van der Waals surface area contributed by atoms with Gasteiger partial charge in [-0.05, 0) is 92.1 Å². The average molecular weight is 625 g/mol. The highest BCUT2D eigenvalue weighted by Crippen LogP contribution is 2.25. The number of carbonyl (C=O) groups excluding carboxylic acids is 1. The Kier molecular flexibility index (Phi) is 10.3. The quantitative estimate of drug-likeness (QED) is 0.144. The number of carbonyl (C=O) groups is 1. The maximum Gasteiger partial charge on any atom is 0.328 e. The molecule has 0 unspecified atom stereocenters. The van der Waals surface area contributed by atoms with Gasteiger partial charge in [-0.15, -0.1) is 0 Å². The molecule has 234 valence electrons. The first-order chi connectivity index (χ1) is 21.7. The van der Waals surface area contributed by atoms with Crippen LogP contribution in [0.5, 0.6) is 0 Å². The van der Waals surface area contributed by atoms with Gasteiger partial charge in [0.2, 0.25) is 0 Å². The molecule has 45 heavy (non-hydrogen) atoms. The van der Waals surface area contributed by atoms with Crippen molar-refractivity contribution in [2.45, 2.75) is 63.8 Å². The fraction of sp³-hybridized carbons (Fsp3) is 0.286. The lowest BCUT2D eigenvalue weighted by atomic mass is 10.1. The van der Waals surface area contributed by atoms with E-state index in [4.69, 9.17) is 15.7 Å². The Balaban J connectivity index is 1.21. The normalized spacial score (nSPS) is 11.5. The fourth-order valence-electron chi connectivity index (χ4n) is 5.43. The van der Waals surface area contributed by atoms with Crippen molar-refractivity contribution in [1.29, 1.82) is 0 Å². The molecule has 0 spiro atoms. The summed E-state index contributed by atoms with van der Waals surface area (Å²) in [5, 5.41) is 2.64. The van der Waals surface area contributed by atoms with Crippen molar-refractivity contribution in [2.75, 3.05) is 6.54 Å². The van der Waals surface area contributed by atoms with Crippen LogP contribution in [0.15, 0.2) is 89.8 Å². The van der Waals surface area contributed by atoms with E-state index in [2.05, 4.69) is 57.9 Å². The van der Waals surface area contributed by atoms with Gasteiger partial charge in [-0.2, -0.15) is 0 Å². The summed E-state index contributed by atoms with van der Waals surface area (Å²) in [7, 11) is -3.98. The number of hydrogen-bond acceptors (Lipinski definition) is 6. The number of aromatic nitrogens is 3. The number of hydrogen-bond donors (Lipinski definition) is 3. The third-order valence-electron chi connectivity index (χ3n) is 7.80. The summed E-state index contributed by atoms with van der Waals surface area (Å²) < 4.78 is 29.3. The van der Waals surface area contributed by atoms with Crippen molar-refractivity contribution in [2.24, 2.45) is 5.73 Å². The summed E-state index contributed by atoms with van der Waals surface area (Å²) in [4.78, 5) is 22.2. The molecule has 0 atom stereocenters. The van der Waals surface area contributed by atoms with Crippen LogP contribution in [0, 0.1) is 13.8 Å². The third-order valence-corrected chi connectivity index (χ3v) is 9.15. The largest absolute Gasteiger partial charge is 0.337 e. The standard InChI is InChI=1S/C35H40N6O3S/c1-25-23-26(2)38-34-33(25)39-32(12-8-4-7-11-27-9-5-3-6-10-27)41(34)30-17-13-28(14-18-30)21-22-37-35(42)40-45(43,44)31-19-15-29(24-36)16-20-31/h3,5-6,9-10,13-20,23H,4,7-8,11-12,21-22,24,36H2,1-2H3,(H2,37,40,42). The number of imidazole rings is 1. The van der Waals surface area contributed by atoms with E-state index in [0.717, 1.165) is 77.2 Å². The Labute approximate surface area is 265 Å². The first kappa shape index (κ1) is 31.9. The first-order valence-corrected chi connectivity index (χ1v) is 16.8. The molecular weight excluding hydrogens is 584 g/mol. The van der Waals surface area contributed by atoms with Crippen LogP contribution in [-0.4, -0.2) is 35.5 Å². The van der Waals surface area contributed by atoms with E-state index in [0.29, 0.717) is 13.0 Å². The number of pyridine rings is 1. The van der Waals surface area contributed by atoms with Gasteiger partial charge in [0, 0.05) is 30.9 Å². The SMILES string of the molecule is Cc1cc(C)c2nc(CCCCCc3ccccc3)n(-c3ccc(CCNC(=O)NS(=O)(=O)c4ccc(CN)cc4)cc3)c2n1. The lowest BCUT2D eigenvalue weighted by Crippen LogP contribution is -2.40. The second-order valence-corrected chi connectivity index (χ2v) is 13.0. The van der Waals surface area contributed by atoms with Crippen molar-refractivity contribution >= 4 is 27.2 Å². The molecular formula is C35H40N6O3S. The van der Waals surface area contributed by atoms with E-state index < -0.39 is 16.1 Å². The van der Waals surface area contributed by atoms with Gasteiger partial charge in [-0.3, -0.25) is 4.57 Å². The van der Waals surface area contributed by atoms with Crippen LogP contribution in [0.4, 0.5) is 4.79 Å². The zero-order valence-corrected chi connectivity index (χ0v) is 26.6. The number of aryl methyl sites for hydroxylation is 4. The molecule has 0 radical (unpaired) electrons. The second-order valence-electron chi connectivity index (χ2n) is 11.3. The molecule has 9 nitrogen and oxygen atoms in total. The fourth-order valence-corrected chi connectivity index (χ4v) is 6.36. The predicted octanol–water partition coefficient (Wildman–Crippen LogP) is 5.68. The maximum atomic E-state index is 12.5. The highest BCUT2D eigenvalue weighted by molar-refractivity contribution is 7.90. The van der Waals surface area contributed by atoms with Gasteiger partial charge in [-0.25, -0.2) is 27.9 Å². The molecule has 0 saturated carbocycles. The van der Waals surface area contributed by atoms with Gasteiger partial charge >= 0.3 is 6.03 Å². The second kappa shape index (κ2) is 14.5. The predicted molar refractivity (Wildman–Crippen MR) is 178 cm³/mol. The summed E-state index contributed by atoms with van der Waals surface area (Å²) in [6, 6.07) is 26.1. The van der Waals surface area contributed by atoms with E-state index in [-0.39, 0.29) is 11.4 Å². The minimum Gasteiger partial charge on any atom is -0.337 e. The van der Waals surface area contributed by atoms with Crippen LogP contribution in [0.2, 0.25) is 0 Å². The topological polar surface area (TPSA) is 132 Å². The molecule has 2 amide bonds. The van der Waals surface area contributed by atoms with Crippen molar-refractivity contribution in [3.8, 4) is 5.69 Å². The Hall–Kier alpha value is -4.54. The minimum atomic E-state index is -3.98. The van der Waals surface area contributed by atoms with Crippen molar-refractivity contribution in [3.63, 3.8) is 0 Å². The van der Waals surface area contributed by atoms with Crippen LogP contribution in [-0.2, 0) is 35.8 Å². The summed E-state index contributed by atoms with van der Waals surface area (Å²) >= 11 is 0. The van der Waals surface area contributed by atoms with Gasteiger partial charge in [0.15, 0.2) is 5.65 Å². The smallest absolute Gasteiger partial charge is 0.328 e. The van der Waals surface area contributed by atoms with Crippen molar-refractivity contribution < 1.29 is 13.2 Å². The molecule has 2 heterocycles. The molecule has 0 aliphatic rings. The van der Waals surface area contributed by atoms with E-state index >= 15 is 0 Å². The molecule has 0 aliphatic carbocycles. The average Bonchev–Trinajstić information content (AvgIpc) is 3.40. The van der Waals surface area contributed by atoms with Gasteiger partial charge in [-0.1, -0.05) is 61.0 Å². The molecule has 10 heteroatoms. The summed E-state index contributed by atoms with van der Waals surface area (Å²) in [6.45, 7) is 4.66. The number of unbranched alkanes of at least 4 members (excludes halogenated alkanes) is 2. The Bertz CT molecular complexity index is 1850. The number of nitrogens with two attached hydrogens (primary N) is 1. The van der Waals surface area contributed by atoms with E-state index in [1.54, 1.807) is 12.1 Å². The molecule has 5 aromatic rings. The van der Waals surface area contributed by atoms with Crippen LogP contribution >= 0.6 is 0 Å². The first-order valence-electron chi connectivity index (χ1n) is 15.3. The van der Waals surface area contributed by atoms with Crippen molar-refractivity contribution in [3.05, 3.63) is 119 Å². The molecule has 0 bridgehead atoms. The number of nitrogens with zero attached hydrogens (tertiary/aromatic N) is 3. The van der Waals surface area contributed by atoms with Crippen LogP contribution in [0.3, 0.4) is 0 Å². The molecule has 4 N–H and O–H groups in total. The monoisotopic (exact) mass is 624 g/mol. The molecule has 5 rings (SSSR count). The van der Waals surface area contributed by atoms with Crippen LogP contribution in [0.25, 0.3) is 16.9 Å². The number of urea groups is 1. The zero-order valence-electron chi connectivity index (χ0n) is 25.8. The summed E-state index contributed by atoms with van der Waals surface area (Å²) in [6.07, 6.45) is 5.75. The van der Waals surface area contributed by atoms with E-state index in [1.165, 1.54) is 17.7 Å². The van der Waals surface area contributed by atoms with Crippen LogP contribution < -0.4 is 15.8 Å². The highest BCUT2D eigenvalue weighted by Gasteiger charge is 2.18. The lowest BCUT2D eigenvalue weighted by molar-refractivity contribution is 0.246. The van der Waals surface area contributed by atoms with Gasteiger partial charge in [0.05, 0.1) is 4.90 Å². The Morgan fingerprint density at radius 1 is 0.800 bits per heavy atom. The molecule has 3 aromatic carbocycles. The highest BCUT2D eigenvalue weighted by atomic mass is 32.2. The van der Waals surface area contributed by atoms with Gasteiger partial charge < -0.3 is 11.1 Å². The molecule has 0 fully saturated rings. The lowest BCUT2D eigenvalue weighted by Gasteiger charge is -2.11. The number of amides is 2. The summed E-state index contributed by atoms with van der Waals surface area (Å²) in [5.74, 6) is 0.996. The van der Waals surface area contributed by atoms with Gasteiger partial charge in [0.25, 0.3) is 10.0 Å². The molecule has 0 aliphatic heterocycles. The Morgan fingerprint density at radius 2 is 1.47 bits per heavy atom. The maximum absolute atomic E-state index is 12.5. The minimum absolute atomic E-state index is 0.00361. The summed E-state index contributed by atoms with van der Waals surface area (Å²) in [5.41, 5.74) is 13.6. The molecule has 0 saturated heterocycles. The molecule has 2 aromatic heterocycles. The number of nitrogens with one attached hydrogen (secondary N) is 2. The van der Waals surface area contributed by atoms with Crippen LogP contribution in [0.1, 0.15) is 53.0 Å². The number of rotatable bonds is 13. The van der Waals surface area contributed by atoms with Gasteiger partial charge in [0.1, 0.15) is 11.3 Å².